The summed E-state index contributed by atoms with van der Waals surface area (Å²) in [4.78, 5) is 27.5. The van der Waals surface area contributed by atoms with E-state index in [9.17, 15) is 22.8 Å². The van der Waals surface area contributed by atoms with Gasteiger partial charge in [-0.15, -0.1) is 0 Å². The van der Waals surface area contributed by atoms with Gasteiger partial charge >= 0.3 is 12.1 Å². The molecular weight excluding hydrogens is 531 g/mol. The van der Waals surface area contributed by atoms with Crippen LogP contribution in [0.1, 0.15) is 77.9 Å². The number of alkyl halides is 3. The van der Waals surface area contributed by atoms with Gasteiger partial charge in [-0.1, -0.05) is 55.0 Å². The van der Waals surface area contributed by atoms with Gasteiger partial charge in [0.05, 0.1) is 17.0 Å². The van der Waals surface area contributed by atoms with Gasteiger partial charge in [0, 0.05) is 6.20 Å². The first-order valence-electron chi connectivity index (χ1n) is 13.7. The lowest BCUT2D eigenvalue weighted by molar-refractivity contribution is -0.166. The smallest absolute Gasteiger partial charge is 0.416 e. The van der Waals surface area contributed by atoms with Gasteiger partial charge in [0.25, 0.3) is 5.91 Å². The Balaban J connectivity index is 0.000000169. The Morgan fingerprint density at radius 3 is 2.32 bits per heavy atom. The van der Waals surface area contributed by atoms with Crippen LogP contribution in [0.2, 0.25) is 0 Å². The number of benzene rings is 2. The Labute approximate surface area is 236 Å². The number of carbonyl (C=O) groups excluding carboxylic acids is 2. The van der Waals surface area contributed by atoms with E-state index < -0.39 is 17.6 Å². The number of fused-ring (bicyclic) bond motifs is 1. The van der Waals surface area contributed by atoms with Gasteiger partial charge in [-0.05, 0) is 79.3 Å². The second-order valence-electron chi connectivity index (χ2n) is 11.1. The van der Waals surface area contributed by atoms with Crippen LogP contribution in [0.3, 0.4) is 0 Å². The Kier molecular flexibility index (Phi) is 7.89. The molecule has 2 aliphatic carbocycles. The Bertz CT molecular complexity index is 1520. The maximum absolute atomic E-state index is 12.6. The van der Waals surface area contributed by atoms with E-state index in [1.54, 1.807) is 22.7 Å². The van der Waals surface area contributed by atoms with Gasteiger partial charge in [-0.3, -0.25) is 9.59 Å². The first-order chi connectivity index (χ1) is 19.5. The molecular formula is C32H32F3N3O3. The highest BCUT2D eigenvalue weighted by molar-refractivity contribution is 5.98. The van der Waals surface area contributed by atoms with Crippen molar-refractivity contribution in [1.29, 1.82) is 0 Å². The van der Waals surface area contributed by atoms with E-state index >= 15 is 0 Å². The third-order valence-electron chi connectivity index (χ3n) is 8.22. The lowest BCUT2D eigenvalue weighted by atomic mass is 9.52. The minimum atomic E-state index is -4.36. The topological polar surface area (TPSA) is 86.7 Å². The number of amides is 1. The van der Waals surface area contributed by atoms with Crippen LogP contribution < -0.4 is 5.73 Å². The van der Waals surface area contributed by atoms with Crippen molar-refractivity contribution in [3.8, 4) is 0 Å². The Hall–Kier alpha value is -4.14. The van der Waals surface area contributed by atoms with Crippen molar-refractivity contribution >= 4 is 17.4 Å². The molecule has 2 fully saturated rings. The quantitative estimate of drug-likeness (QED) is 0.258. The summed E-state index contributed by atoms with van der Waals surface area (Å²) in [5.41, 5.74) is 8.41. The average Bonchev–Trinajstić information content (AvgIpc) is 3.34. The van der Waals surface area contributed by atoms with Gasteiger partial charge in [-0.25, -0.2) is 4.98 Å². The highest BCUT2D eigenvalue weighted by atomic mass is 19.4. The minimum absolute atomic E-state index is 0.00359. The zero-order chi connectivity index (χ0) is 29.2. The fourth-order valence-corrected chi connectivity index (χ4v) is 5.78. The van der Waals surface area contributed by atoms with Crippen molar-refractivity contribution in [2.24, 2.45) is 17.1 Å². The van der Waals surface area contributed by atoms with Crippen LogP contribution in [0.4, 0.5) is 13.2 Å². The number of primary amides is 1. The van der Waals surface area contributed by atoms with E-state index in [1.165, 1.54) is 37.7 Å². The summed E-state index contributed by atoms with van der Waals surface area (Å²) in [6.45, 7) is 1.95. The molecule has 1 amide bonds. The van der Waals surface area contributed by atoms with Crippen LogP contribution in [0, 0.1) is 11.3 Å². The molecule has 2 heterocycles. The molecule has 0 bridgehead atoms. The number of rotatable bonds is 6. The summed E-state index contributed by atoms with van der Waals surface area (Å²) < 4.78 is 45.0. The molecule has 9 heteroatoms. The maximum atomic E-state index is 12.6. The first-order valence-corrected chi connectivity index (χ1v) is 13.7. The minimum Gasteiger partial charge on any atom is -0.458 e. The van der Waals surface area contributed by atoms with Crippen molar-refractivity contribution in [2.45, 2.75) is 57.7 Å². The van der Waals surface area contributed by atoms with E-state index in [-0.39, 0.29) is 23.7 Å². The zero-order valence-corrected chi connectivity index (χ0v) is 22.7. The molecule has 2 aromatic heterocycles. The van der Waals surface area contributed by atoms with E-state index in [1.807, 2.05) is 37.3 Å². The van der Waals surface area contributed by atoms with Crippen molar-refractivity contribution in [2.75, 3.05) is 0 Å². The summed E-state index contributed by atoms with van der Waals surface area (Å²) in [5.74, 6) is -0.479. The van der Waals surface area contributed by atoms with Crippen molar-refractivity contribution in [3.63, 3.8) is 0 Å². The van der Waals surface area contributed by atoms with Crippen LogP contribution >= 0.6 is 0 Å². The molecule has 2 aliphatic rings. The fraction of sp³-hybridized carbons (Fsp3) is 0.344. The van der Waals surface area contributed by atoms with E-state index in [4.69, 9.17) is 10.5 Å². The normalized spacial score (nSPS) is 16.7. The molecule has 1 unspecified atom stereocenters. The predicted molar refractivity (Wildman–Crippen MR) is 148 cm³/mol. The highest BCUT2D eigenvalue weighted by Gasteiger charge is 2.51. The maximum Gasteiger partial charge on any atom is 0.416 e. The lowest BCUT2D eigenvalue weighted by Gasteiger charge is -2.53. The molecule has 1 spiro atoms. The number of halogens is 3. The standard InChI is InChI=1S/C16H12F3N3O.C16H20O2/c17-16(18,19)12-5-3-10(4-6-12)8-11-2-1-7-22-9-21-13(14(11)22)15(20)23;1-12(13-6-3-2-4-7-13)18-15(17)14-10-16(11-14)8-5-9-16/h1-7,9H,8H2,(H2,20,23);2-4,6-7,12,14H,5,8-11H2,1H3. The number of nitrogens with two attached hydrogens (primary N) is 1. The SMILES string of the molecule is CC(OC(=O)C1CC2(CCC2)C1)c1ccccc1.NC(=O)c1ncn2cccc(Cc3ccc(C(F)(F)F)cc3)c12. The van der Waals surface area contributed by atoms with E-state index in [2.05, 4.69) is 4.98 Å². The molecule has 41 heavy (non-hydrogen) atoms. The van der Waals surface area contributed by atoms with Crippen molar-refractivity contribution in [3.05, 3.63) is 107 Å². The number of pyridine rings is 1. The number of esters is 1. The van der Waals surface area contributed by atoms with Gasteiger partial charge in [0.1, 0.15) is 12.4 Å². The number of ether oxygens (including phenoxy) is 1. The summed E-state index contributed by atoms with van der Waals surface area (Å²) >= 11 is 0. The number of aromatic nitrogens is 2. The van der Waals surface area contributed by atoms with E-state index in [0.717, 1.165) is 36.1 Å². The number of hydrogen-bond donors (Lipinski definition) is 1. The molecule has 2 N–H and O–H groups in total. The third-order valence-corrected chi connectivity index (χ3v) is 8.22. The highest BCUT2D eigenvalue weighted by Crippen LogP contribution is 2.59. The van der Waals surface area contributed by atoms with Crippen LogP contribution in [0.25, 0.3) is 5.52 Å². The summed E-state index contributed by atoms with van der Waals surface area (Å²) in [6.07, 6.45) is 5.21. The zero-order valence-electron chi connectivity index (χ0n) is 22.7. The van der Waals surface area contributed by atoms with Gasteiger partial charge in [0.2, 0.25) is 0 Å². The predicted octanol–water partition coefficient (Wildman–Crippen LogP) is 6.91. The summed E-state index contributed by atoms with van der Waals surface area (Å²) in [5, 5.41) is 0. The molecule has 1 atom stereocenters. The largest absolute Gasteiger partial charge is 0.458 e. The van der Waals surface area contributed by atoms with Gasteiger partial charge in [0.15, 0.2) is 5.69 Å². The number of hydrogen-bond acceptors (Lipinski definition) is 4. The van der Waals surface area contributed by atoms with E-state index in [0.29, 0.717) is 22.9 Å². The Morgan fingerprint density at radius 1 is 1.05 bits per heavy atom. The number of carbonyl (C=O) groups is 2. The molecule has 0 radical (unpaired) electrons. The second-order valence-corrected chi connectivity index (χ2v) is 11.1. The molecule has 214 valence electrons. The summed E-state index contributed by atoms with van der Waals surface area (Å²) in [6, 6.07) is 18.4. The van der Waals surface area contributed by atoms with Crippen LogP contribution in [0.15, 0.2) is 79.3 Å². The summed E-state index contributed by atoms with van der Waals surface area (Å²) in [7, 11) is 0. The average molecular weight is 564 g/mol. The fourth-order valence-electron chi connectivity index (χ4n) is 5.78. The lowest BCUT2D eigenvalue weighted by Crippen LogP contribution is -2.46. The molecule has 0 saturated heterocycles. The number of imidazole rings is 1. The van der Waals surface area contributed by atoms with Gasteiger partial charge in [-0.2, -0.15) is 13.2 Å². The Morgan fingerprint density at radius 2 is 1.73 bits per heavy atom. The molecule has 6 rings (SSSR count). The van der Waals surface area contributed by atoms with Gasteiger partial charge < -0.3 is 14.9 Å². The third kappa shape index (κ3) is 6.29. The second kappa shape index (κ2) is 11.4. The first kappa shape index (κ1) is 28.4. The van der Waals surface area contributed by atoms with Crippen LogP contribution in [-0.2, 0) is 22.1 Å². The van der Waals surface area contributed by atoms with Crippen molar-refractivity contribution < 1.29 is 27.5 Å². The molecule has 2 aromatic carbocycles. The number of nitrogens with zero attached hydrogens (tertiary/aromatic N) is 2. The molecule has 0 aliphatic heterocycles. The molecule has 2 saturated carbocycles. The monoisotopic (exact) mass is 563 g/mol. The molecule has 6 nitrogen and oxygen atoms in total. The van der Waals surface area contributed by atoms with Crippen molar-refractivity contribution in [1.82, 2.24) is 9.38 Å². The van der Waals surface area contributed by atoms with Crippen LogP contribution in [0.5, 0.6) is 0 Å². The van der Waals surface area contributed by atoms with Crippen LogP contribution in [-0.4, -0.2) is 21.3 Å². The molecule has 4 aromatic rings.